The van der Waals surface area contributed by atoms with E-state index in [4.69, 9.17) is 0 Å². The quantitative estimate of drug-likeness (QED) is 0.813. The second-order valence-electron chi connectivity index (χ2n) is 5.50. The summed E-state index contributed by atoms with van der Waals surface area (Å²) in [4.78, 5) is 11.9. The molecule has 0 fully saturated rings. The first kappa shape index (κ1) is 14.5. The van der Waals surface area contributed by atoms with E-state index < -0.39 is 0 Å². The Morgan fingerprint density at radius 2 is 1.94 bits per heavy atom. The highest BCUT2D eigenvalue weighted by atomic mass is 127. The van der Waals surface area contributed by atoms with Crippen molar-refractivity contribution < 1.29 is 4.79 Å². The lowest BCUT2D eigenvalue weighted by atomic mass is 9.80. The van der Waals surface area contributed by atoms with Crippen LogP contribution in [0.15, 0.2) is 24.3 Å². The summed E-state index contributed by atoms with van der Waals surface area (Å²) in [7, 11) is 0. The molecule has 0 bridgehead atoms. The van der Waals surface area contributed by atoms with Crippen molar-refractivity contribution in [1.82, 2.24) is 0 Å². The summed E-state index contributed by atoms with van der Waals surface area (Å²) in [5.74, 6) is 0.459. The molecule has 0 saturated carbocycles. The number of halogens is 1. The van der Waals surface area contributed by atoms with Crippen molar-refractivity contribution in [1.29, 1.82) is 0 Å². The number of rotatable bonds is 3. The van der Waals surface area contributed by atoms with Gasteiger partial charge in [0.2, 0.25) is 5.91 Å². The second-order valence-corrected chi connectivity index (χ2v) is 6.66. The van der Waals surface area contributed by atoms with Gasteiger partial charge in [-0.3, -0.25) is 4.79 Å². The van der Waals surface area contributed by atoms with Crippen LogP contribution in [0.3, 0.4) is 0 Å². The Labute approximate surface area is 117 Å². The molecule has 2 nitrogen and oxygen atoms in total. The smallest absolute Gasteiger partial charge is 0.224 e. The normalized spacial score (nSPS) is 13.2. The number of carbonyl (C=O) groups is 1. The number of nitrogens with one attached hydrogen (secondary N) is 1. The maximum atomic E-state index is 11.9. The summed E-state index contributed by atoms with van der Waals surface area (Å²) in [6, 6.07) is 7.82. The number of carbonyl (C=O) groups excluding carboxylic acids is 1. The Morgan fingerprint density at radius 3 is 2.47 bits per heavy atom. The average Bonchev–Trinajstić information content (AvgIpc) is 2.20. The standard InChI is InChI=1S/C14H20INO/c1-10(14(2,3)4)9-13(17)16-12-8-6-5-7-11(12)15/h5-8,10H,9H2,1-4H3,(H,16,17). The van der Waals surface area contributed by atoms with Crippen molar-refractivity contribution >= 4 is 34.2 Å². The van der Waals surface area contributed by atoms with E-state index >= 15 is 0 Å². The van der Waals surface area contributed by atoms with E-state index in [1.165, 1.54) is 0 Å². The first-order chi connectivity index (χ1) is 7.80. The molecular weight excluding hydrogens is 325 g/mol. The zero-order valence-electron chi connectivity index (χ0n) is 10.9. The highest BCUT2D eigenvalue weighted by Gasteiger charge is 2.22. The van der Waals surface area contributed by atoms with Gasteiger partial charge in [0.05, 0.1) is 5.69 Å². The van der Waals surface area contributed by atoms with Gasteiger partial charge in [0, 0.05) is 9.99 Å². The van der Waals surface area contributed by atoms with Gasteiger partial charge in [-0.05, 0) is 46.1 Å². The molecule has 0 heterocycles. The van der Waals surface area contributed by atoms with E-state index in [2.05, 4.69) is 55.6 Å². The van der Waals surface area contributed by atoms with Gasteiger partial charge in [0.1, 0.15) is 0 Å². The van der Waals surface area contributed by atoms with Gasteiger partial charge < -0.3 is 5.32 Å². The van der Waals surface area contributed by atoms with Crippen LogP contribution < -0.4 is 5.32 Å². The van der Waals surface area contributed by atoms with Gasteiger partial charge in [0.25, 0.3) is 0 Å². The molecule has 0 aromatic heterocycles. The molecule has 0 radical (unpaired) electrons. The lowest BCUT2D eigenvalue weighted by Crippen LogP contribution is -2.24. The van der Waals surface area contributed by atoms with Crippen molar-refractivity contribution in [3.63, 3.8) is 0 Å². The minimum atomic E-state index is 0.0940. The number of hydrogen-bond donors (Lipinski definition) is 1. The van der Waals surface area contributed by atoms with E-state index in [-0.39, 0.29) is 11.3 Å². The number of para-hydroxylation sites is 1. The molecule has 0 aliphatic carbocycles. The van der Waals surface area contributed by atoms with Gasteiger partial charge in [-0.1, -0.05) is 39.8 Å². The van der Waals surface area contributed by atoms with Gasteiger partial charge in [-0.2, -0.15) is 0 Å². The molecule has 1 aromatic rings. The van der Waals surface area contributed by atoms with Crippen LogP contribution in [0.1, 0.15) is 34.1 Å². The van der Waals surface area contributed by atoms with Crippen molar-refractivity contribution in [3.05, 3.63) is 27.8 Å². The van der Waals surface area contributed by atoms with Crippen molar-refractivity contribution in [2.24, 2.45) is 11.3 Å². The summed E-state index contributed by atoms with van der Waals surface area (Å²) in [5, 5.41) is 2.97. The first-order valence-corrected chi connectivity index (χ1v) is 6.93. The summed E-state index contributed by atoms with van der Waals surface area (Å²) in [5.41, 5.74) is 1.07. The lowest BCUT2D eigenvalue weighted by Gasteiger charge is -2.26. The van der Waals surface area contributed by atoms with Crippen molar-refractivity contribution in [3.8, 4) is 0 Å². The highest BCUT2D eigenvalue weighted by Crippen LogP contribution is 2.28. The van der Waals surface area contributed by atoms with Crippen LogP contribution in [0.2, 0.25) is 0 Å². The van der Waals surface area contributed by atoms with Crippen LogP contribution in [0, 0.1) is 14.9 Å². The van der Waals surface area contributed by atoms with Gasteiger partial charge in [-0.15, -0.1) is 0 Å². The summed E-state index contributed by atoms with van der Waals surface area (Å²) in [6.45, 7) is 8.61. The fourth-order valence-electron chi connectivity index (χ4n) is 1.35. The van der Waals surface area contributed by atoms with Gasteiger partial charge >= 0.3 is 0 Å². The molecule has 0 aliphatic heterocycles. The summed E-state index contributed by atoms with van der Waals surface area (Å²) < 4.78 is 1.07. The minimum Gasteiger partial charge on any atom is -0.325 e. The zero-order chi connectivity index (χ0) is 13.1. The van der Waals surface area contributed by atoms with E-state index in [0.717, 1.165) is 9.26 Å². The Hall–Kier alpha value is -0.580. The molecule has 1 amide bonds. The maximum Gasteiger partial charge on any atom is 0.224 e. The number of benzene rings is 1. The number of anilines is 1. The van der Waals surface area contributed by atoms with Crippen molar-refractivity contribution in [2.45, 2.75) is 34.1 Å². The largest absolute Gasteiger partial charge is 0.325 e. The van der Waals surface area contributed by atoms with Crippen LogP contribution in [-0.2, 0) is 4.79 Å². The summed E-state index contributed by atoms with van der Waals surface area (Å²) in [6.07, 6.45) is 0.564. The lowest BCUT2D eigenvalue weighted by molar-refractivity contribution is -0.117. The molecule has 1 atom stereocenters. The molecule has 3 heteroatoms. The monoisotopic (exact) mass is 345 g/mol. The van der Waals surface area contributed by atoms with E-state index in [1.54, 1.807) is 0 Å². The molecular formula is C14H20INO. The molecule has 1 unspecified atom stereocenters. The Morgan fingerprint density at radius 1 is 1.35 bits per heavy atom. The fourth-order valence-corrected chi connectivity index (χ4v) is 1.87. The van der Waals surface area contributed by atoms with Crippen LogP contribution in [-0.4, -0.2) is 5.91 Å². The third kappa shape index (κ3) is 4.66. The molecule has 0 aliphatic rings. The first-order valence-electron chi connectivity index (χ1n) is 5.85. The number of amides is 1. The molecule has 94 valence electrons. The molecule has 17 heavy (non-hydrogen) atoms. The van der Waals surface area contributed by atoms with Crippen LogP contribution in [0.4, 0.5) is 5.69 Å². The summed E-state index contributed by atoms with van der Waals surface area (Å²) >= 11 is 2.23. The minimum absolute atomic E-state index is 0.0940. The van der Waals surface area contributed by atoms with E-state index in [9.17, 15) is 4.79 Å². The van der Waals surface area contributed by atoms with Gasteiger partial charge in [0.15, 0.2) is 0 Å². The topological polar surface area (TPSA) is 29.1 Å². The Kier molecular flexibility index (Phi) is 4.98. The molecule has 1 N–H and O–H groups in total. The predicted molar refractivity (Wildman–Crippen MR) is 81.0 cm³/mol. The fraction of sp³-hybridized carbons (Fsp3) is 0.500. The van der Waals surface area contributed by atoms with E-state index in [0.29, 0.717) is 12.3 Å². The average molecular weight is 345 g/mol. The zero-order valence-corrected chi connectivity index (χ0v) is 13.0. The third-order valence-corrected chi connectivity index (χ3v) is 4.06. The SMILES string of the molecule is CC(CC(=O)Nc1ccccc1I)C(C)(C)C. The Balaban J connectivity index is 2.60. The van der Waals surface area contributed by atoms with Crippen LogP contribution >= 0.6 is 22.6 Å². The molecule has 1 rings (SSSR count). The molecule has 0 spiro atoms. The second kappa shape index (κ2) is 5.85. The van der Waals surface area contributed by atoms with Crippen molar-refractivity contribution in [2.75, 3.05) is 5.32 Å². The maximum absolute atomic E-state index is 11.9. The number of hydrogen-bond acceptors (Lipinski definition) is 1. The molecule has 0 saturated heterocycles. The van der Waals surface area contributed by atoms with Crippen LogP contribution in [0.5, 0.6) is 0 Å². The molecule has 1 aromatic carbocycles. The Bertz CT molecular complexity index is 395. The van der Waals surface area contributed by atoms with Gasteiger partial charge in [-0.25, -0.2) is 0 Å². The van der Waals surface area contributed by atoms with Crippen LogP contribution in [0.25, 0.3) is 0 Å². The van der Waals surface area contributed by atoms with E-state index in [1.807, 2.05) is 24.3 Å². The third-order valence-electron chi connectivity index (χ3n) is 3.12. The predicted octanol–water partition coefficient (Wildman–Crippen LogP) is 4.30. The highest BCUT2D eigenvalue weighted by molar-refractivity contribution is 14.1.